The second-order valence-electron chi connectivity index (χ2n) is 7.30. The van der Waals surface area contributed by atoms with Crippen LogP contribution in [0.3, 0.4) is 0 Å². The SMILES string of the molecule is CCN(CC)[C@H](CNC(=O)CCc1ncc(-c2ccccc2)o1)c1cccc(OC)c1. The normalized spacial score (nSPS) is 12.0. The van der Waals surface area contributed by atoms with E-state index in [4.69, 9.17) is 9.15 Å². The molecule has 1 heterocycles. The van der Waals surface area contributed by atoms with Crippen molar-refractivity contribution >= 4 is 5.91 Å². The van der Waals surface area contributed by atoms with Crippen LogP contribution < -0.4 is 10.1 Å². The minimum atomic E-state index is -0.0143. The number of oxazole rings is 1. The van der Waals surface area contributed by atoms with Gasteiger partial charge in [0.15, 0.2) is 11.7 Å². The first-order valence-electron chi connectivity index (χ1n) is 10.8. The van der Waals surface area contributed by atoms with Crippen molar-refractivity contribution in [3.63, 3.8) is 0 Å². The molecule has 3 aromatic rings. The molecule has 6 heteroatoms. The van der Waals surface area contributed by atoms with Crippen LogP contribution in [-0.4, -0.2) is 42.5 Å². The number of hydrogen-bond acceptors (Lipinski definition) is 5. The first-order valence-corrected chi connectivity index (χ1v) is 10.8. The molecule has 164 valence electrons. The van der Waals surface area contributed by atoms with E-state index in [0.717, 1.165) is 35.7 Å². The van der Waals surface area contributed by atoms with Gasteiger partial charge in [-0.25, -0.2) is 4.98 Å². The van der Waals surface area contributed by atoms with E-state index in [2.05, 4.69) is 35.1 Å². The summed E-state index contributed by atoms with van der Waals surface area (Å²) in [5.41, 5.74) is 2.11. The van der Waals surface area contributed by atoms with Crippen molar-refractivity contribution < 1.29 is 13.9 Å². The van der Waals surface area contributed by atoms with Crippen LogP contribution in [-0.2, 0) is 11.2 Å². The number of hydrogen-bond donors (Lipinski definition) is 1. The molecule has 3 rings (SSSR count). The van der Waals surface area contributed by atoms with E-state index >= 15 is 0 Å². The van der Waals surface area contributed by atoms with E-state index in [1.807, 2.05) is 48.5 Å². The zero-order valence-electron chi connectivity index (χ0n) is 18.5. The highest BCUT2D eigenvalue weighted by Crippen LogP contribution is 2.24. The Labute approximate surface area is 184 Å². The third-order valence-electron chi connectivity index (χ3n) is 5.40. The van der Waals surface area contributed by atoms with Gasteiger partial charge in [0.05, 0.1) is 19.3 Å². The Hall–Kier alpha value is -3.12. The Balaban J connectivity index is 1.57. The fourth-order valence-electron chi connectivity index (χ4n) is 3.65. The number of rotatable bonds is 11. The molecule has 1 aromatic heterocycles. The number of nitrogens with one attached hydrogen (secondary N) is 1. The summed E-state index contributed by atoms with van der Waals surface area (Å²) in [4.78, 5) is 19.2. The molecular formula is C25H31N3O3. The maximum Gasteiger partial charge on any atom is 0.220 e. The minimum absolute atomic E-state index is 0.0143. The van der Waals surface area contributed by atoms with Crippen LogP contribution in [0.4, 0.5) is 0 Å². The van der Waals surface area contributed by atoms with Gasteiger partial charge in [-0.15, -0.1) is 0 Å². The quantitative estimate of drug-likeness (QED) is 0.494. The highest BCUT2D eigenvalue weighted by molar-refractivity contribution is 5.76. The Morgan fingerprint density at radius 3 is 2.61 bits per heavy atom. The van der Waals surface area contributed by atoms with E-state index in [1.165, 1.54) is 0 Å². The molecule has 0 aliphatic rings. The van der Waals surface area contributed by atoms with Crippen molar-refractivity contribution in [1.29, 1.82) is 0 Å². The molecule has 1 atom stereocenters. The molecule has 0 radical (unpaired) electrons. The summed E-state index contributed by atoms with van der Waals surface area (Å²) in [6.45, 7) is 6.59. The first kappa shape index (κ1) is 22.6. The van der Waals surface area contributed by atoms with Crippen molar-refractivity contribution in [2.45, 2.75) is 32.7 Å². The van der Waals surface area contributed by atoms with Gasteiger partial charge in [0.25, 0.3) is 0 Å². The second-order valence-corrected chi connectivity index (χ2v) is 7.30. The number of amides is 1. The van der Waals surface area contributed by atoms with Gasteiger partial charge >= 0.3 is 0 Å². The number of ether oxygens (including phenoxy) is 1. The molecule has 1 N–H and O–H groups in total. The lowest BCUT2D eigenvalue weighted by Gasteiger charge is -2.30. The molecule has 0 fully saturated rings. The van der Waals surface area contributed by atoms with Crippen LogP contribution in [0.5, 0.6) is 5.75 Å². The van der Waals surface area contributed by atoms with Gasteiger partial charge in [-0.2, -0.15) is 0 Å². The monoisotopic (exact) mass is 421 g/mol. The Kier molecular flexibility index (Phi) is 8.24. The molecule has 6 nitrogen and oxygen atoms in total. The Morgan fingerprint density at radius 1 is 1.13 bits per heavy atom. The van der Waals surface area contributed by atoms with Gasteiger partial charge in [-0.1, -0.05) is 56.3 Å². The minimum Gasteiger partial charge on any atom is -0.497 e. The highest BCUT2D eigenvalue weighted by atomic mass is 16.5. The van der Waals surface area contributed by atoms with E-state index in [0.29, 0.717) is 25.3 Å². The maximum atomic E-state index is 12.5. The van der Waals surface area contributed by atoms with Crippen LogP contribution >= 0.6 is 0 Å². The van der Waals surface area contributed by atoms with Crippen LogP contribution in [0.1, 0.15) is 37.8 Å². The fraction of sp³-hybridized carbons (Fsp3) is 0.360. The first-order chi connectivity index (χ1) is 15.1. The topological polar surface area (TPSA) is 67.6 Å². The summed E-state index contributed by atoms with van der Waals surface area (Å²) in [5.74, 6) is 2.09. The third-order valence-corrected chi connectivity index (χ3v) is 5.40. The van der Waals surface area contributed by atoms with Gasteiger partial charge in [0, 0.05) is 24.9 Å². The molecule has 0 saturated carbocycles. The highest BCUT2D eigenvalue weighted by Gasteiger charge is 2.19. The van der Waals surface area contributed by atoms with Crippen molar-refractivity contribution in [3.05, 3.63) is 72.2 Å². The van der Waals surface area contributed by atoms with Crippen LogP contribution in [0.15, 0.2) is 65.2 Å². The summed E-state index contributed by atoms with van der Waals surface area (Å²) in [6, 6.07) is 17.9. The molecule has 31 heavy (non-hydrogen) atoms. The average molecular weight is 422 g/mol. The predicted octanol–water partition coefficient (Wildman–Crippen LogP) is 4.48. The summed E-state index contributed by atoms with van der Waals surface area (Å²) in [5, 5.41) is 3.09. The van der Waals surface area contributed by atoms with Crippen molar-refractivity contribution in [2.75, 3.05) is 26.7 Å². The number of carbonyl (C=O) groups excluding carboxylic acids is 1. The van der Waals surface area contributed by atoms with Gasteiger partial charge in [0.1, 0.15) is 5.75 Å². The van der Waals surface area contributed by atoms with Crippen LogP contribution in [0, 0.1) is 0 Å². The molecule has 0 spiro atoms. The smallest absolute Gasteiger partial charge is 0.220 e. The van der Waals surface area contributed by atoms with Crippen molar-refractivity contribution in [3.8, 4) is 17.1 Å². The lowest BCUT2D eigenvalue weighted by Crippen LogP contribution is -2.38. The number of carbonyl (C=O) groups is 1. The fourth-order valence-corrected chi connectivity index (χ4v) is 3.65. The number of benzene rings is 2. The van der Waals surface area contributed by atoms with Gasteiger partial charge in [-0.05, 0) is 30.8 Å². The Bertz CT molecular complexity index is 951. The van der Waals surface area contributed by atoms with Gasteiger partial charge in [0.2, 0.25) is 5.91 Å². The number of nitrogens with zero attached hydrogens (tertiary/aromatic N) is 2. The third kappa shape index (κ3) is 6.18. The lowest BCUT2D eigenvalue weighted by molar-refractivity contribution is -0.121. The summed E-state index contributed by atoms with van der Waals surface area (Å²) in [6.07, 6.45) is 2.51. The molecular weight excluding hydrogens is 390 g/mol. The van der Waals surface area contributed by atoms with E-state index in [9.17, 15) is 4.79 Å². The molecule has 0 unspecified atom stereocenters. The molecule has 0 bridgehead atoms. The largest absolute Gasteiger partial charge is 0.497 e. The van der Waals surface area contributed by atoms with E-state index < -0.39 is 0 Å². The summed E-state index contributed by atoms with van der Waals surface area (Å²) in [7, 11) is 1.67. The zero-order valence-corrected chi connectivity index (χ0v) is 18.5. The summed E-state index contributed by atoms with van der Waals surface area (Å²) >= 11 is 0. The molecule has 0 aliphatic carbocycles. The number of likely N-dealkylation sites (N-methyl/N-ethyl adjacent to an activating group) is 1. The predicted molar refractivity (Wildman–Crippen MR) is 122 cm³/mol. The molecule has 2 aromatic carbocycles. The molecule has 0 aliphatic heterocycles. The zero-order chi connectivity index (χ0) is 22.1. The number of methoxy groups -OCH3 is 1. The standard InChI is InChI=1S/C25H31N3O3/c1-4-28(5-2)22(20-12-9-13-21(16-20)30-3)17-26-24(29)14-15-25-27-18-23(31-25)19-10-7-6-8-11-19/h6-13,16,18,22H,4-5,14-15,17H2,1-3H3,(H,26,29)/t22-/m1/s1. The number of aryl methyl sites for hydroxylation is 1. The molecule has 1 amide bonds. The Morgan fingerprint density at radius 2 is 1.90 bits per heavy atom. The van der Waals surface area contributed by atoms with E-state index in [-0.39, 0.29) is 11.9 Å². The van der Waals surface area contributed by atoms with E-state index in [1.54, 1.807) is 13.3 Å². The van der Waals surface area contributed by atoms with Crippen molar-refractivity contribution in [2.24, 2.45) is 0 Å². The van der Waals surface area contributed by atoms with Crippen LogP contribution in [0.25, 0.3) is 11.3 Å². The number of aromatic nitrogens is 1. The second kappa shape index (κ2) is 11.3. The van der Waals surface area contributed by atoms with Gasteiger partial charge in [-0.3, -0.25) is 9.69 Å². The van der Waals surface area contributed by atoms with Crippen molar-refractivity contribution in [1.82, 2.24) is 15.2 Å². The maximum absolute atomic E-state index is 12.5. The van der Waals surface area contributed by atoms with Gasteiger partial charge < -0.3 is 14.5 Å². The average Bonchev–Trinajstić information content (AvgIpc) is 3.30. The van der Waals surface area contributed by atoms with Crippen LogP contribution in [0.2, 0.25) is 0 Å². The summed E-state index contributed by atoms with van der Waals surface area (Å²) < 4.78 is 11.2. The lowest BCUT2D eigenvalue weighted by atomic mass is 10.0. The molecule has 0 saturated heterocycles.